The largest absolute Gasteiger partial charge is 0.496 e. The van der Waals surface area contributed by atoms with E-state index in [1.54, 1.807) is 36.7 Å². The maximum absolute atomic E-state index is 12.8. The molecule has 2 aromatic carbocycles. The van der Waals surface area contributed by atoms with Crippen molar-refractivity contribution >= 4 is 21.6 Å². The summed E-state index contributed by atoms with van der Waals surface area (Å²) in [5, 5.41) is 7.87. The third kappa shape index (κ3) is 5.50. The van der Waals surface area contributed by atoms with E-state index in [4.69, 9.17) is 19.3 Å². The van der Waals surface area contributed by atoms with Crippen LogP contribution in [0.15, 0.2) is 65.8 Å². The van der Waals surface area contributed by atoms with Gasteiger partial charge in [0.05, 0.1) is 24.7 Å². The van der Waals surface area contributed by atoms with Crippen LogP contribution in [0.3, 0.4) is 0 Å². The summed E-state index contributed by atoms with van der Waals surface area (Å²) in [6.07, 6.45) is 3.35. The lowest BCUT2D eigenvalue weighted by atomic mass is 10.1. The number of pyridine rings is 1. The Labute approximate surface area is 179 Å². The molecular weight excluding hydrogens is 422 g/mol. The molecule has 0 saturated heterocycles. The van der Waals surface area contributed by atoms with E-state index in [2.05, 4.69) is 10.3 Å². The molecule has 0 bridgehead atoms. The number of carbonyl (C=O) groups is 1. The summed E-state index contributed by atoms with van der Waals surface area (Å²) in [5.74, 6) is 0.516. The van der Waals surface area contributed by atoms with E-state index in [0.717, 1.165) is 11.6 Å². The average Bonchev–Trinajstić information content (AvgIpc) is 2.77. The van der Waals surface area contributed by atoms with E-state index in [-0.39, 0.29) is 22.8 Å². The molecule has 10 heteroatoms. The highest BCUT2D eigenvalue weighted by atomic mass is 32.2. The first-order chi connectivity index (χ1) is 14.8. The Morgan fingerprint density at radius 3 is 2.42 bits per heavy atom. The zero-order valence-electron chi connectivity index (χ0n) is 16.9. The molecule has 3 aromatic rings. The number of sulfonamides is 1. The van der Waals surface area contributed by atoms with E-state index in [1.807, 2.05) is 6.07 Å². The van der Waals surface area contributed by atoms with Crippen molar-refractivity contribution in [2.24, 2.45) is 5.14 Å². The summed E-state index contributed by atoms with van der Waals surface area (Å²) in [7, 11) is -1.10. The molecule has 1 amide bonds. The van der Waals surface area contributed by atoms with Crippen LogP contribution in [-0.4, -0.2) is 33.5 Å². The summed E-state index contributed by atoms with van der Waals surface area (Å²) in [6, 6.07) is 12.3. The van der Waals surface area contributed by atoms with Gasteiger partial charge in [-0.1, -0.05) is 6.07 Å². The average molecular weight is 443 g/mol. The third-order valence-electron chi connectivity index (χ3n) is 4.28. The second-order valence-corrected chi connectivity index (χ2v) is 7.94. The monoisotopic (exact) mass is 443 g/mol. The molecule has 0 aliphatic rings. The number of methoxy groups -OCH3 is 2. The number of benzene rings is 2. The van der Waals surface area contributed by atoms with Crippen molar-refractivity contribution < 1.29 is 27.4 Å². The van der Waals surface area contributed by atoms with E-state index in [9.17, 15) is 13.2 Å². The summed E-state index contributed by atoms with van der Waals surface area (Å²) >= 11 is 0. The molecule has 3 rings (SSSR count). The van der Waals surface area contributed by atoms with Crippen molar-refractivity contribution in [3.05, 3.63) is 72.1 Å². The zero-order valence-corrected chi connectivity index (χ0v) is 17.7. The fourth-order valence-corrected chi connectivity index (χ4v) is 3.29. The number of rotatable bonds is 8. The van der Waals surface area contributed by atoms with Gasteiger partial charge >= 0.3 is 0 Å². The fourth-order valence-electron chi connectivity index (χ4n) is 2.75. The number of hydrogen-bond donors (Lipinski definition) is 2. The molecule has 9 nitrogen and oxygen atoms in total. The number of nitrogens with one attached hydrogen (secondary N) is 1. The lowest BCUT2D eigenvalue weighted by Gasteiger charge is -2.14. The van der Waals surface area contributed by atoms with Crippen LogP contribution in [0.1, 0.15) is 15.9 Å². The van der Waals surface area contributed by atoms with Crippen molar-refractivity contribution in [3.63, 3.8) is 0 Å². The van der Waals surface area contributed by atoms with Crippen LogP contribution in [0.5, 0.6) is 17.2 Å². The van der Waals surface area contributed by atoms with Gasteiger partial charge in [0.25, 0.3) is 5.91 Å². The molecule has 0 atom stereocenters. The second kappa shape index (κ2) is 9.45. The Bertz CT molecular complexity index is 1180. The molecule has 3 N–H and O–H groups in total. The molecule has 0 unspecified atom stereocenters. The summed E-state index contributed by atoms with van der Waals surface area (Å²) in [5.41, 5.74) is 1.29. The van der Waals surface area contributed by atoms with Crippen molar-refractivity contribution in [2.45, 2.75) is 11.5 Å². The second-order valence-electron chi connectivity index (χ2n) is 6.38. The molecule has 0 saturated carbocycles. The maximum atomic E-state index is 12.8. The van der Waals surface area contributed by atoms with Gasteiger partial charge in [-0.05, 0) is 36.4 Å². The summed E-state index contributed by atoms with van der Waals surface area (Å²) < 4.78 is 39.6. The van der Waals surface area contributed by atoms with Crippen LogP contribution < -0.4 is 24.7 Å². The SMILES string of the molecule is COc1ccc(NC(=O)c2cc(S(N)(=O)=O)ccc2OC)cc1OCc1cccnc1. The smallest absolute Gasteiger partial charge is 0.259 e. The van der Waals surface area contributed by atoms with Crippen molar-refractivity contribution in [2.75, 3.05) is 19.5 Å². The van der Waals surface area contributed by atoms with Gasteiger partial charge in [-0.3, -0.25) is 9.78 Å². The Morgan fingerprint density at radius 1 is 1.03 bits per heavy atom. The van der Waals surface area contributed by atoms with Crippen molar-refractivity contribution in [1.29, 1.82) is 0 Å². The molecule has 31 heavy (non-hydrogen) atoms. The Hall–Kier alpha value is -3.63. The maximum Gasteiger partial charge on any atom is 0.259 e. The minimum atomic E-state index is -3.98. The highest BCUT2D eigenvalue weighted by Crippen LogP contribution is 2.31. The lowest BCUT2D eigenvalue weighted by Crippen LogP contribution is -2.17. The van der Waals surface area contributed by atoms with E-state index in [1.165, 1.54) is 26.4 Å². The molecule has 0 aliphatic heterocycles. The van der Waals surface area contributed by atoms with Gasteiger partial charge in [0.2, 0.25) is 10.0 Å². The molecule has 0 radical (unpaired) electrons. The van der Waals surface area contributed by atoms with Crippen molar-refractivity contribution in [1.82, 2.24) is 4.98 Å². The van der Waals surface area contributed by atoms with Crippen LogP contribution >= 0.6 is 0 Å². The van der Waals surface area contributed by atoms with E-state index in [0.29, 0.717) is 17.2 Å². The number of carbonyl (C=O) groups excluding carboxylic acids is 1. The Balaban J connectivity index is 1.84. The quantitative estimate of drug-likeness (QED) is 0.547. The van der Waals surface area contributed by atoms with Gasteiger partial charge in [0.1, 0.15) is 12.4 Å². The standard InChI is InChI=1S/C21H21N3O6S/c1-28-18-8-6-16(31(22,26)27)11-17(18)21(25)24-15-5-7-19(29-2)20(10-15)30-13-14-4-3-9-23-12-14/h3-12H,13H2,1-2H3,(H,24,25)(H2,22,26,27). The summed E-state index contributed by atoms with van der Waals surface area (Å²) in [4.78, 5) is 16.6. The van der Waals surface area contributed by atoms with Crippen molar-refractivity contribution in [3.8, 4) is 17.2 Å². The molecule has 0 fully saturated rings. The number of primary sulfonamides is 1. The van der Waals surface area contributed by atoms with Gasteiger partial charge in [-0.2, -0.15) is 0 Å². The minimum absolute atomic E-state index is 0.0164. The predicted molar refractivity (Wildman–Crippen MR) is 114 cm³/mol. The van der Waals surface area contributed by atoms with E-state index >= 15 is 0 Å². The number of aromatic nitrogens is 1. The van der Waals surface area contributed by atoms with Crippen LogP contribution in [0, 0.1) is 0 Å². The zero-order chi connectivity index (χ0) is 22.4. The van der Waals surface area contributed by atoms with Crippen LogP contribution in [0.4, 0.5) is 5.69 Å². The normalized spacial score (nSPS) is 10.9. The Kier molecular flexibility index (Phi) is 6.73. The molecular formula is C21H21N3O6S. The third-order valence-corrected chi connectivity index (χ3v) is 5.19. The number of nitrogens with two attached hydrogens (primary N) is 1. The van der Waals surface area contributed by atoms with Crippen LogP contribution in [0.25, 0.3) is 0 Å². The summed E-state index contributed by atoms with van der Waals surface area (Å²) in [6.45, 7) is 0.256. The van der Waals surface area contributed by atoms with E-state index < -0.39 is 15.9 Å². The van der Waals surface area contributed by atoms with Crippen LogP contribution in [0.2, 0.25) is 0 Å². The lowest BCUT2D eigenvalue weighted by molar-refractivity contribution is 0.102. The predicted octanol–water partition coefficient (Wildman–Crippen LogP) is 2.58. The highest BCUT2D eigenvalue weighted by Gasteiger charge is 2.18. The van der Waals surface area contributed by atoms with Gasteiger partial charge in [0.15, 0.2) is 11.5 Å². The molecule has 0 aliphatic carbocycles. The highest BCUT2D eigenvalue weighted by molar-refractivity contribution is 7.89. The van der Waals surface area contributed by atoms with Gasteiger partial charge in [0, 0.05) is 29.7 Å². The number of hydrogen-bond acceptors (Lipinski definition) is 7. The molecule has 0 spiro atoms. The van der Waals surface area contributed by atoms with Gasteiger partial charge in [-0.15, -0.1) is 0 Å². The number of nitrogens with zero attached hydrogens (tertiary/aromatic N) is 1. The number of amides is 1. The Morgan fingerprint density at radius 2 is 1.77 bits per heavy atom. The number of ether oxygens (including phenoxy) is 3. The number of anilines is 1. The van der Waals surface area contributed by atoms with Crippen LogP contribution in [-0.2, 0) is 16.6 Å². The minimum Gasteiger partial charge on any atom is -0.496 e. The topological polar surface area (TPSA) is 130 Å². The first-order valence-electron chi connectivity index (χ1n) is 9.03. The first kappa shape index (κ1) is 22.1. The molecule has 162 valence electrons. The van der Waals surface area contributed by atoms with Gasteiger partial charge in [-0.25, -0.2) is 13.6 Å². The molecule has 1 heterocycles. The first-order valence-corrected chi connectivity index (χ1v) is 10.6. The fraction of sp³-hybridized carbons (Fsp3) is 0.143. The van der Waals surface area contributed by atoms with Gasteiger partial charge < -0.3 is 19.5 Å². The molecule has 1 aromatic heterocycles.